The highest BCUT2D eigenvalue weighted by atomic mass is 79.9. The Labute approximate surface area is 158 Å². The molecule has 0 bridgehead atoms. The number of carbonyl (C=O) groups excluding carboxylic acids is 2. The summed E-state index contributed by atoms with van der Waals surface area (Å²) in [6.07, 6.45) is 3.86. The molecule has 0 N–H and O–H groups in total. The number of ketones is 1. The number of hydrogen-bond acceptors (Lipinski definition) is 6. The number of nitrogens with zero attached hydrogens (tertiary/aromatic N) is 1. The number of esters is 1. The van der Waals surface area contributed by atoms with Crippen molar-refractivity contribution in [2.24, 2.45) is 0 Å². The fourth-order valence-electron chi connectivity index (χ4n) is 2.68. The van der Waals surface area contributed by atoms with Crippen LogP contribution in [0.5, 0.6) is 0 Å². The van der Waals surface area contributed by atoms with Gasteiger partial charge in [-0.3, -0.25) is 4.79 Å². The zero-order valence-electron chi connectivity index (χ0n) is 14.0. The minimum Gasteiger partial charge on any atom is -0.461 e. The smallest absolute Gasteiger partial charge is 0.361 e. The number of aromatic nitrogens is 1. The van der Waals surface area contributed by atoms with Crippen molar-refractivity contribution in [2.45, 2.75) is 31.4 Å². The van der Waals surface area contributed by atoms with Gasteiger partial charge in [-0.05, 0) is 49.8 Å². The lowest BCUT2D eigenvalue weighted by Gasteiger charge is -2.09. The van der Waals surface area contributed by atoms with E-state index in [1.54, 1.807) is 24.8 Å². The van der Waals surface area contributed by atoms with E-state index in [1.165, 1.54) is 0 Å². The molecule has 3 rings (SSSR count). The first-order chi connectivity index (χ1) is 12.1. The van der Waals surface area contributed by atoms with Crippen LogP contribution < -0.4 is 0 Å². The van der Waals surface area contributed by atoms with Crippen molar-refractivity contribution in [3.8, 4) is 0 Å². The summed E-state index contributed by atoms with van der Waals surface area (Å²) < 4.78 is 11.3. The zero-order chi connectivity index (χ0) is 18.0. The van der Waals surface area contributed by atoms with Gasteiger partial charge in [0.05, 0.1) is 6.61 Å². The number of hydrogen-bond donors (Lipinski definition) is 0. The van der Waals surface area contributed by atoms with Crippen LogP contribution in [0.25, 0.3) is 0 Å². The largest absolute Gasteiger partial charge is 0.461 e. The molecule has 0 unspecified atom stereocenters. The first kappa shape index (κ1) is 18.2. The van der Waals surface area contributed by atoms with Crippen molar-refractivity contribution < 1.29 is 18.8 Å². The van der Waals surface area contributed by atoms with E-state index >= 15 is 0 Å². The second-order valence-electron chi connectivity index (χ2n) is 5.83. The van der Waals surface area contributed by atoms with Crippen molar-refractivity contribution >= 4 is 39.4 Å². The molecule has 1 aromatic heterocycles. The molecule has 1 saturated carbocycles. The van der Waals surface area contributed by atoms with Gasteiger partial charge in [-0.2, -0.15) is 11.8 Å². The van der Waals surface area contributed by atoms with Gasteiger partial charge in [0.15, 0.2) is 11.5 Å². The molecule has 132 valence electrons. The third-order valence-corrected chi connectivity index (χ3v) is 5.07. The highest BCUT2D eigenvalue weighted by Gasteiger charge is 2.37. The lowest BCUT2D eigenvalue weighted by molar-refractivity contribution is 0.0512. The molecule has 0 saturated heterocycles. The average Bonchev–Trinajstić information content (AvgIpc) is 3.33. The highest BCUT2D eigenvalue weighted by Crippen LogP contribution is 2.43. The van der Waals surface area contributed by atoms with Crippen LogP contribution in [0.15, 0.2) is 27.2 Å². The number of benzene rings is 1. The molecular weight excluding hydrogens is 406 g/mol. The predicted molar refractivity (Wildman–Crippen MR) is 99.2 cm³/mol. The molecule has 25 heavy (non-hydrogen) atoms. The van der Waals surface area contributed by atoms with Crippen LogP contribution in [-0.4, -0.2) is 29.8 Å². The summed E-state index contributed by atoms with van der Waals surface area (Å²) in [7, 11) is 0. The van der Waals surface area contributed by atoms with Gasteiger partial charge in [0, 0.05) is 21.7 Å². The first-order valence-corrected chi connectivity index (χ1v) is 10.2. The lowest BCUT2D eigenvalue weighted by Crippen LogP contribution is -2.14. The van der Waals surface area contributed by atoms with Crippen molar-refractivity contribution in [1.82, 2.24) is 5.16 Å². The number of rotatable bonds is 7. The Morgan fingerprint density at radius 1 is 1.40 bits per heavy atom. The van der Waals surface area contributed by atoms with Gasteiger partial charge in [-0.1, -0.05) is 21.1 Å². The molecule has 5 nitrogen and oxygen atoms in total. The van der Waals surface area contributed by atoms with Crippen LogP contribution in [0.1, 0.15) is 63.4 Å². The Bertz CT molecular complexity index is 813. The number of ether oxygens (including phenoxy) is 1. The van der Waals surface area contributed by atoms with Gasteiger partial charge >= 0.3 is 5.97 Å². The third kappa shape index (κ3) is 3.82. The number of thioether (sulfide) groups is 1. The summed E-state index contributed by atoms with van der Waals surface area (Å²) in [6, 6.07) is 5.53. The summed E-state index contributed by atoms with van der Waals surface area (Å²) in [5.74, 6) is 0.507. The minimum absolute atomic E-state index is 0.0215. The van der Waals surface area contributed by atoms with E-state index < -0.39 is 5.97 Å². The van der Waals surface area contributed by atoms with E-state index in [0.29, 0.717) is 17.1 Å². The molecule has 0 atom stereocenters. The molecule has 1 aliphatic carbocycles. The molecule has 7 heteroatoms. The van der Waals surface area contributed by atoms with E-state index in [1.807, 2.05) is 18.4 Å². The van der Waals surface area contributed by atoms with E-state index in [4.69, 9.17) is 9.26 Å². The fraction of sp³-hybridized carbons (Fsp3) is 0.389. The van der Waals surface area contributed by atoms with Crippen LogP contribution in [0.2, 0.25) is 0 Å². The summed E-state index contributed by atoms with van der Waals surface area (Å²) in [5.41, 5.74) is 1.70. The summed E-state index contributed by atoms with van der Waals surface area (Å²) in [6.45, 7) is 1.93. The normalized spacial score (nSPS) is 13.7. The predicted octanol–water partition coefficient (Wildman–Crippen LogP) is 4.59. The Morgan fingerprint density at radius 3 is 2.80 bits per heavy atom. The van der Waals surface area contributed by atoms with E-state index in [2.05, 4.69) is 21.1 Å². The summed E-state index contributed by atoms with van der Waals surface area (Å²) in [5, 5.41) is 3.85. The molecule has 1 heterocycles. The molecule has 1 fully saturated rings. The van der Waals surface area contributed by atoms with Crippen molar-refractivity contribution in [1.29, 1.82) is 0 Å². The third-order valence-electron chi connectivity index (χ3n) is 3.97. The van der Waals surface area contributed by atoms with E-state index in [0.717, 1.165) is 22.9 Å². The number of halogens is 1. The molecule has 1 aliphatic rings. The van der Waals surface area contributed by atoms with Crippen LogP contribution in [0.3, 0.4) is 0 Å². The summed E-state index contributed by atoms with van der Waals surface area (Å²) in [4.78, 5) is 25.5. The quantitative estimate of drug-likeness (QED) is 0.479. The second-order valence-corrected chi connectivity index (χ2v) is 7.61. The van der Waals surface area contributed by atoms with Crippen LogP contribution in [-0.2, 0) is 10.5 Å². The molecule has 0 spiro atoms. The maximum absolute atomic E-state index is 13.3. The molecular formula is C18H18BrNO4S. The Kier molecular flexibility index (Phi) is 5.64. The molecule has 1 aromatic carbocycles. The van der Waals surface area contributed by atoms with Crippen LogP contribution in [0.4, 0.5) is 0 Å². The number of carbonyl (C=O) groups is 2. The van der Waals surface area contributed by atoms with Crippen molar-refractivity contribution in [3.63, 3.8) is 0 Å². The molecule has 0 aliphatic heterocycles. The Morgan fingerprint density at radius 2 is 2.16 bits per heavy atom. The minimum atomic E-state index is -0.620. The van der Waals surface area contributed by atoms with E-state index in [9.17, 15) is 9.59 Å². The highest BCUT2D eigenvalue weighted by molar-refractivity contribution is 9.10. The van der Waals surface area contributed by atoms with Gasteiger partial charge in [0.2, 0.25) is 5.69 Å². The van der Waals surface area contributed by atoms with Gasteiger partial charge < -0.3 is 9.26 Å². The van der Waals surface area contributed by atoms with Gasteiger partial charge in [-0.25, -0.2) is 4.79 Å². The lowest BCUT2D eigenvalue weighted by atomic mass is 9.96. The molecule has 2 aromatic rings. The van der Waals surface area contributed by atoms with Gasteiger partial charge in [0.1, 0.15) is 5.56 Å². The fourth-order valence-corrected chi connectivity index (χ4v) is 3.64. The second kappa shape index (κ2) is 7.74. The maximum Gasteiger partial charge on any atom is 0.361 e. The van der Waals surface area contributed by atoms with Crippen molar-refractivity contribution in [2.75, 3.05) is 12.9 Å². The molecule has 0 radical (unpaired) electrons. The Hall–Kier alpha value is -1.60. The standard InChI is InChI=1S/C18H18BrNO4S/c1-3-23-18(22)15-14(17(24-20-15)10-4-5-10)16(21)13-7-6-12(19)8-11(13)9-25-2/h6-8,10H,3-5,9H2,1-2H3. The van der Waals surface area contributed by atoms with Crippen molar-refractivity contribution in [3.05, 3.63) is 50.8 Å². The average molecular weight is 424 g/mol. The summed E-state index contributed by atoms with van der Waals surface area (Å²) >= 11 is 5.07. The van der Waals surface area contributed by atoms with Crippen LogP contribution in [0, 0.1) is 0 Å². The SMILES string of the molecule is CCOC(=O)c1noc(C2CC2)c1C(=O)c1ccc(Br)cc1CSC. The van der Waals surface area contributed by atoms with Gasteiger partial charge in [-0.15, -0.1) is 0 Å². The maximum atomic E-state index is 13.3. The van der Waals surface area contributed by atoms with Crippen LogP contribution >= 0.6 is 27.7 Å². The topological polar surface area (TPSA) is 69.4 Å². The van der Waals surface area contributed by atoms with E-state index in [-0.39, 0.29) is 29.6 Å². The zero-order valence-corrected chi connectivity index (χ0v) is 16.4. The van der Waals surface area contributed by atoms with Gasteiger partial charge in [0.25, 0.3) is 0 Å². The molecule has 0 amide bonds. The first-order valence-electron chi connectivity index (χ1n) is 8.05. The monoisotopic (exact) mass is 423 g/mol. The Balaban J connectivity index is 2.07.